The van der Waals surface area contributed by atoms with Crippen molar-refractivity contribution in [2.45, 2.75) is 6.42 Å². The molecule has 0 fully saturated rings. The molecule has 0 aliphatic rings. The second kappa shape index (κ2) is 6.26. The predicted octanol–water partition coefficient (Wildman–Crippen LogP) is 1.26. The number of esters is 1. The Morgan fingerprint density at radius 2 is 2.19 bits per heavy atom. The van der Waals surface area contributed by atoms with Gasteiger partial charge in [-0.05, 0) is 15.9 Å². The summed E-state index contributed by atoms with van der Waals surface area (Å²) in [5.41, 5.74) is 0. The fourth-order valence-electron chi connectivity index (χ4n) is 1.05. The highest BCUT2D eigenvalue weighted by atomic mass is 79.9. The molecular formula is C9H13BrN4O2. The highest BCUT2D eigenvalue weighted by Gasteiger charge is 2.07. The van der Waals surface area contributed by atoms with E-state index in [-0.39, 0.29) is 5.97 Å². The largest absolute Gasteiger partial charge is 0.469 e. The number of hydrogen-bond acceptors (Lipinski definition) is 6. The van der Waals surface area contributed by atoms with E-state index in [4.69, 9.17) is 0 Å². The second-order valence-electron chi connectivity index (χ2n) is 2.89. The van der Waals surface area contributed by atoms with Crippen LogP contribution in [0.1, 0.15) is 6.42 Å². The molecule has 0 saturated heterocycles. The fraction of sp³-hybridized carbons (Fsp3) is 0.444. The molecule has 6 nitrogen and oxygen atoms in total. The van der Waals surface area contributed by atoms with Gasteiger partial charge in [-0.1, -0.05) is 0 Å². The maximum atomic E-state index is 10.9. The molecule has 0 bridgehead atoms. The number of ether oxygens (including phenoxy) is 1. The van der Waals surface area contributed by atoms with Gasteiger partial charge in [0.2, 0.25) is 0 Å². The summed E-state index contributed by atoms with van der Waals surface area (Å²) >= 11 is 3.36. The van der Waals surface area contributed by atoms with E-state index in [1.807, 2.05) is 0 Å². The average molecular weight is 289 g/mol. The monoisotopic (exact) mass is 288 g/mol. The molecule has 0 atom stereocenters. The lowest BCUT2D eigenvalue weighted by Gasteiger charge is -2.09. The van der Waals surface area contributed by atoms with E-state index >= 15 is 0 Å². The highest BCUT2D eigenvalue weighted by molar-refractivity contribution is 9.10. The molecule has 2 N–H and O–H groups in total. The van der Waals surface area contributed by atoms with Gasteiger partial charge in [0.05, 0.1) is 13.5 Å². The Balaban J connectivity index is 2.57. The fourth-order valence-corrected chi connectivity index (χ4v) is 1.60. The number of nitrogens with one attached hydrogen (secondary N) is 2. The van der Waals surface area contributed by atoms with Crippen molar-refractivity contribution in [2.75, 3.05) is 31.3 Å². The van der Waals surface area contributed by atoms with Gasteiger partial charge in [0.25, 0.3) is 0 Å². The number of nitrogens with zero attached hydrogens (tertiary/aromatic N) is 2. The minimum atomic E-state index is -0.258. The Morgan fingerprint density at radius 3 is 2.81 bits per heavy atom. The lowest BCUT2D eigenvalue weighted by Crippen LogP contribution is -2.11. The van der Waals surface area contributed by atoms with Crippen LogP contribution in [0.2, 0.25) is 0 Å². The Kier molecular flexibility index (Phi) is 4.97. The Labute approximate surface area is 102 Å². The zero-order valence-electron chi connectivity index (χ0n) is 9.08. The molecule has 16 heavy (non-hydrogen) atoms. The van der Waals surface area contributed by atoms with Crippen molar-refractivity contribution in [3.63, 3.8) is 0 Å². The van der Waals surface area contributed by atoms with Gasteiger partial charge in [0.1, 0.15) is 22.4 Å². The smallest absolute Gasteiger partial charge is 0.307 e. The van der Waals surface area contributed by atoms with Gasteiger partial charge < -0.3 is 15.4 Å². The first kappa shape index (κ1) is 12.7. The first-order valence-electron chi connectivity index (χ1n) is 4.68. The summed E-state index contributed by atoms with van der Waals surface area (Å²) in [5, 5.41) is 5.93. The molecule has 0 aliphatic heterocycles. The molecule has 0 aliphatic carbocycles. The molecule has 0 saturated carbocycles. The van der Waals surface area contributed by atoms with E-state index < -0.39 is 0 Å². The third kappa shape index (κ3) is 3.34. The Hall–Kier alpha value is -1.37. The van der Waals surface area contributed by atoms with E-state index in [9.17, 15) is 4.79 Å². The molecule has 0 spiro atoms. The van der Waals surface area contributed by atoms with Crippen molar-refractivity contribution in [1.29, 1.82) is 0 Å². The van der Waals surface area contributed by atoms with Crippen LogP contribution < -0.4 is 10.6 Å². The van der Waals surface area contributed by atoms with Gasteiger partial charge >= 0.3 is 5.97 Å². The van der Waals surface area contributed by atoms with Crippen LogP contribution in [0.4, 0.5) is 11.6 Å². The number of methoxy groups -OCH3 is 1. The molecule has 88 valence electrons. The Morgan fingerprint density at radius 1 is 1.50 bits per heavy atom. The lowest BCUT2D eigenvalue weighted by molar-refractivity contribution is -0.140. The maximum Gasteiger partial charge on any atom is 0.307 e. The number of rotatable bonds is 5. The summed E-state index contributed by atoms with van der Waals surface area (Å²) in [6.07, 6.45) is 1.74. The van der Waals surface area contributed by atoms with Gasteiger partial charge in [0, 0.05) is 13.6 Å². The molecule has 0 unspecified atom stereocenters. The maximum absolute atomic E-state index is 10.9. The quantitative estimate of drug-likeness (QED) is 0.795. The number of carbonyl (C=O) groups excluding carboxylic acids is 1. The molecule has 1 aromatic heterocycles. The van der Waals surface area contributed by atoms with Crippen molar-refractivity contribution < 1.29 is 9.53 Å². The molecule has 1 heterocycles. The van der Waals surface area contributed by atoms with E-state index in [0.717, 1.165) is 4.47 Å². The van der Waals surface area contributed by atoms with E-state index in [2.05, 4.69) is 41.3 Å². The summed E-state index contributed by atoms with van der Waals surface area (Å²) in [6.45, 7) is 0.464. The zero-order valence-corrected chi connectivity index (χ0v) is 10.7. The van der Waals surface area contributed by atoms with Gasteiger partial charge in [-0.2, -0.15) is 0 Å². The van der Waals surface area contributed by atoms with Crippen molar-refractivity contribution in [3.05, 3.63) is 10.8 Å². The summed E-state index contributed by atoms with van der Waals surface area (Å²) < 4.78 is 5.27. The lowest BCUT2D eigenvalue weighted by atomic mass is 10.4. The molecule has 0 amide bonds. The van der Waals surface area contributed by atoms with E-state index in [1.54, 1.807) is 7.05 Å². The number of aromatic nitrogens is 2. The highest BCUT2D eigenvalue weighted by Crippen LogP contribution is 2.25. The minimum Gasteiger partial charge on any atom is -0.469 e. The van der Waals surface area contributed by atoms with Crippen molar-refractivity contribution in [2.24, 2.45) is 0 Å². The van der Waals surface area contributed by atoms with Crippen LogP contribution in [0.25, 0.3) is 0 Å². The minimum absolute atomic E-state index is 0.258. The number of hydrogen-bond donors (Lipinski definition) is 2. The number of halogens is 1. The van der Waals surface area contributed by atoms with Gasteiger partial charge in [0.15, 0.2) is 0 Å². The molecule has 0 aromatic carbocycles. The third-order valence-corrected chi connectivity index (χ3v) is 2.63. The molecule has 1 rings (SSSR count). The Bertz CT molecular complexity index is 373. The van der Waals surface area contributed by atoms with E-state index in [0.29, 0.717) is 24.6 Å². The normalized spacial score (nSPS) is 9.69. The number of carbonyl (C=O) groups is 1. The summed E-state index contributed by atoms with van der Waals surface area (Å²) in [7, 11) is 3.13. The first-order chi connectivity index (χ1) is 7.69. The second-order valence-corrected chi connectivity index (χ2v) is 3.68. The van der Waals surface area contributed by atoms with Crippen molar-refractivity contribution >= 4 is 33.5 Å². The van der Waals surface area contributed by atoms with Crippen LogP contribution >= 0.6 is 15.9 Å². The van der Waals surface area contributed by atoms with Crippen LogP contribution in [0.15, 0.2) is 10.8 Å². The van der Waals surface area contributed by atoms with Gasteiger partial charge in [-0.25, -0.2) is 9.97 Å². The van der Waals surface area contributed by atoms with Crippen LogP contribution in [-0.2, 0) is 9.53 Å². The summed E-state index contributed by atoms with van der Waals surface area (Å²) in [4.78, 5) is 19.0. The molecule has 0 radical (unpaired) electrons. The van der Waals surface area contributed by atoms with Crippen LogP contribution in [0, 0.1) is 0 Å². The predicted molar refractivity (Wildman–Crippen MR) is 64.4 cm³/mol. The average Bonchev–Trinajstić information content (AvgIpc) is 2.31. The molecular weight excluding hydrogens is 276 g/mol. The van der Waals surface area contributed by atoms with Crippen LogP contribution in [-0.4, -0.2) is 36.6 Å². The van der Waals surface area contributed by atoms with E-state index in [1.165, 1.54) is 13.4 Å². The summed E-state index contributed by atoms with van der Waals surface area (Å²) in [5.74, 6) is 1.07. The third-order valence-electron chi connectivity index (χ3n) is 1.88. The van der Waals surface area contributed by atoms with Crippen LogP contribution in [0.5, 0.6) is 0 Å². The molecule has 7 heteroatoms. The van der Waals surface area contributed by atoms with Crippen LogP contribution in [0.3, 0.4) is 0 Å². The van der Waals surface area contributed by atoms with Crippen molar-refractivity contribution in [3.8, 4) is 0 Å². The first-order valence-corrected chi connectivity index (χ1v) is 5.47. The van der Waals surface area contributed by atoms with Crippen molar-refractivity contribution in [1.82, 2.24) is 9.97 Å². The SMILES string of the molecule is CNc1ncnc(NCCC(=O)OC)c1Br. The standard InChI is InChI=1S/C9H13BrN4O2/c1-11-8-7(10)9(14-5-13-8)12-4-3-6(15)16-2/h5H,3-4H2,1-2H3,(H2,11,12,13,14). The zero-order chi connectivity index (χ0) is 12.0. The van der Waals surface area contributed by atoms with Gasteiger partial charge in [-0.3, -0.25) is 4.79 Å². The molecule has 1 aromatic rings. The topological polar surface area (TPSA) is 76.1 Å². The number of anilines is 2. The summed E-state index contributed by atoms with van der Waals surface area (Å²) in [6, 6.07) is 0. The van der Waals surface area contributed by atoms with Gasteiger partial charge in [-0.15, -0.1) is 0 Å².